The van der Waals surface area contributed by atoms with Gasteiger partial charge in [0.25, 0.3) is 0 Å². The standard InChI is InChI=1S/C20H19NO2/c1-14(16-11-10-15-6-3-4-7-17(15)12-16)21-13-18-8-5-9-19(23-2)20(18)22/h3-14,22H,1-2H3/t14-/m0/s1. The zero-order valence-electron chi connectivity index (χ0n) is 13.2. The molecule has 23 heavy (non-hydrogen) atoms. The molecule has 1 atom stereocenters. The Morgan fingerprint density at radius 3 is 2.57 bits per heavy atom. The van der Waals surface area contributed by atoms with Crippen molar-refractivity contribution in [2.45, 2.75) is 13.0 Å². The largest absolute Gasteiger partial charge is 0.504 e. The normalized spacial score (nSPS) is 12.6. The lowest BCUT2D eigenvalue weighted by atomic mass is 10.0. The van der Waals surface area contributed by atoms with Crippen LogP contribution in [-0.2, 0) is 0 Å². The first-order valence-electron chi connectivity index (χ1n) is 7.57. The van der Waals surface area contributed by atoms with Crippen LogP contribution in [0.2, 0.25) is 0 Å². The van der Waals surface area contributed by atoms with Gasteiger partial charge in [-0.3, -0.25) is 4.99 Å². The van der Waals surface area contributed by atoms with Gasteiger partial charge in [0.15, 0.2) is 11.5 Å². The fraction of sp³-hybridized carbons (Fsp3) is 0.150. The van der Waals surface area contributed by atoms with Crippen LogP contribution in [0.15, 0.2) is 65.7 Å². The quantitative estimate of drug-likeness (QED) is 0.708. The van der Waals surface area contributed by atoms with E-state index in [2.05, 4.69) is 35.3 Å². The van der Waals surface area contributed by atoms with E-state index in [1.54, 1.807) is 12.3 Å². The van der Waals surface area contributed by atoms with Crippen molar-refractivity contribution in [3.05, 3.63) is 71.8 Å². The van der Waals surface area contributed by atoms with E-state index in [4.69, 9.17) is 4.74 Å². The van der Waals surface area contributed by atoms with E-state index in [-0.39, 0.29) is 11.8 Å². The minimum atomic E-state index is 0.00482. The zero-order valence-corrected chi connectivity index (χ0v) is 13.2. The van der Waals surface area contributed by atoms with E-state index in [9.17, 15) is 5.11 Å². The van der Waals surface area contributed by atoms with Crippen molar-refractivity contribution in [2.75, 3.05) is 7.11 Å². The van der Waals surface area contributed by atoms with Crippen LogP contribution in [0.4, 0.5) is 0 Å². The van der Waals surface area contributed by atoms with Gasteiger partial charge in [-0.15, -0.1) is 0 Å². The molecule has 3 aromatic rings. The van der Waals surface area contributed by atoms with E-state index in [1.807, 2.05) is 31.2 Å². The summed E-state index contributed by atoms with van der Waals surface area (Å²) in [7, 11) is 1.54. The Bertz CT molecular complexity index is 855. The number of aliphatic imine (C=N–C) groups is 1. The van der Waals surface area contributed by atoms with Crippen LogP contribution in [0, 0.1) is 0 Å². The number of hydrogen-bond acceptors (Lipinski definition) is 3. The fourth-order valence-electron chi connectivity index (χ4n) is 2.55. The highest BCUT2D eigenvalue weighted by Crippen LogP contribution is 2.29. The zero-order chi connectivity index (χ0) is 16.2. The molecule has 116 valence electrons. The molecular formula is C20H19NO2. The van der Waals surface area contributed by atoms with Gasteiger partial charge >= 0.3 is 0 Å². The fourth-order valence-corrected chi connectivity index (χ4v) is 2.55. The van der Waals surface area contributed by atoms with Crippen molar-refractivity contribution in [3.63, 3.8) is 0 Å². The van der Waals surface area contributed by atoms with Gasteiger partial charge in [-0.25, -0.2) is 0 Å². The number of aromatic hydroxyl groups is 1. The lowest BCUT2D eigenvalue weighted by Gasteiger charge is -2.09. The number of phenols is 1. The molecular weight excluding hydrogens is 286 g/mol. The third-order valence-electron chi connectivity index (χ3n) is 3.94. The topological polar surface area (TPSA) is 41.8 Å². The third kappa shape index (κ3) is 3.19. The summed E-state index contributed by atoms with van der Waals surface area (Å²) in [6.07, 6.45) is 1.69. The van der Waals surface area contributed by atoms with Crippen LogP contribution in [0.5, 0.6) is 11.5 Å². The molecule has 0 saturated heterocycles. The van der Waals surface area contributed by atoms with Gasteiger partial charge in [-0.05, 0) is 41.5 Å². The Labute approximate surface area is 135 Å². The van der Waals surface area contributed by atoms with E-state index >= 15 is 0 Å². The van der Waals surface area contributed by atoms with Crippen LogP contribution >= 0.6 is 0 Å². The van der Waals surface area contributed by atoms with Gasteiger partial charge in [0.05, 0.1) is 13.2 Å². The molecule has 3 aromatic carbocycles. The van der Waals surface area contributed by atoms with Gasteiger partial charge in [-0.1, -0.05) is 42.5 Å². The molecule has 0 amide bonds. The Hall–Kier alpha value is -2.81. The molecule has 0 spiro atoms. The summed E-state index contributed by atoms with van der Waals surface area (Å²) < 4.78 is 5.11. The molecule has 0 fully saturated rings. The maximum absolute atomic E-state index is 10.1. The molecule has 3 heteroatoms. The highest BCUT2D eigenvalue weighted by atomic mass is 16.5. The van der Waals surface area contributed by atoms with E-state index < -0.39 is 0 Å². The van der Waals surface area contributed by atoms with Crippen LogP contribution in [0.1, 0.15) is 24.1 Å². The predicted octanol–water partition coefficient (Wildman–Crippen LogP) is 4.73. The Balaban J connectivity index is 1.86. The monoisotopic (exact) mass is 305 g/mol. The highest BCUT2D eigenvalue weighted by molar-refractivity contribution is 5.85. The minimum Gasteiger partial charge on any atom is -0.504 e. The van der Waals surface area contributed by atoms with Crippen molar-refractivity contribution < 1.29 is 9.84 Å². The molecule has 1 N–H and O–H groups in total. The van der Waals surface area contributed by atoms with Crippen LogP contribution in [-0.4, -0.2) is 18.4 Å². The van der Waals surface area contributed by atoms with Crippen LogP contribution in [0.25, 0.3) is 10.8 Å². The number of hydrogen-bond donors (Lipinski definition) is 1. The van der Waals surface area contributed by atoms with Gasteiger partial charge in [0, 0.05) is 11.8 Å². The lowest BCUT2D eigenvalue weighted by Crippen LogP contribution is -1.93. The third-order valence-corrected chi connectivity index (χ3v) is 3.94. The number of fused-ring (bicyclic) bond motifs is 1. The number of benzene rings is 3. The van der Waals surface area contributed by atoms with Gasteiger partial charge in [0.1, 0.15) is 0 Å². The smallest absolute Gasteiger partial charge is 0.166 e. The average molecular weight is 305 g/mol. The molecule has 0 radical (unpaired) electrons. The first-order chi connectivity index (χ1) is 11.2. The number of rotatable bonds is 4. The van der Waals surface area contributed by atoms with Crippen molar-refractivity contribution in [1.29, 1.82) is 0 Å². The molecule has 0 saturated carbocycles. The van der Waals surface area contributed by atoms with E-state index in [1.165, 1.54) is 17.9 Å². The average Bonchev–Trinajstić information content (AvgIpc) is 2.60. The second-order valence-electron chi connectivity index (χ2n) is 5.46. The lowest BCUT2D eigenvalue weighted by molar-refractivity contribution is 0.373. The number of methoxy groups -OCH3 is 1. The summed E-state index contributed by atoms with van der Waals surface area (Å²) in [5.41, 5.74) is 1.79. The second kappa shape index (κ2) is 6.53. The molecule has 0 heterocycles. The Morgan fingerprint density at radius 1 is 1.00 bits per heavy atom. The first-order valence-corrected chi connectivity index (χ1v) is 7.57. The molecule has 0 aliphatic carbocycles. The van der Waals surface area contributed by atoms with Crippen molar-refractivity contribution in [3.8, 4) is 11.5 Å². The molecule has 3 rings (SSSR count). The number of nitrogens with zero attached hydrogens (tertiary/aromatic N) is 1. The minimum absolute atomic E-state index is 0.00482. The summed E-state index contributed by atoms with van der Waals surface area (Å²) in [6, 6.07) is 20.0. The summed E-state index contributed by atoms with van der Waals surface area (Å²) >= 11 is 0. The maximum Gasteiger partial charge on any atom is 0.166 e. The maximum atomic E-state index is 10.1. The van der Waals surface area contributed by atoms with Crippen molar-refractivity contribution >= 4 is 17.0 Å². The van der Waals surface area contributed by atoms with E-state index in [0.717, 1.165) is 5.56 Å². The van der Waals surface area contributed by atoms with Gasteiger partial charge in [-0.2, -0.15) is 0 Å². The molecule has 0 aliphatic heterocycles. The number of phenolic OH excluding ortho intramolecular Hbond substituents is 1. The van der Waals surface area contributed by atoms with Crippen LogP contribution in [0.3, 0.4) is 0 Å². The predicted molar refractivity (Wildman–Crippen MR) is 94.6 cm³/mol. The highest BCUT2D eigenvalue weighted by Gasteiger charge is 2.07. The molecule has 0 unspecified atom stereocenters. The molecule has 0 aromatic heterocycles. The number of para-hydroxylation sites is 1. The van der Waals surface area contributed by atoms with E-state index in [0.29, 0.717) is 11.3 Å². The Morgan fingerprint density at radius 2 is 1.78 bits per heavy atom. The second-order valence-corrected chi connectivity index (χ2v) is 5.46. The molecule has 0 bridgehead atoms. The van der Waals surface area contributed by atoms with Crippen molar-refractivity contribution in [1.82, 2.24) is 0 Å². The van der Waals surface area contributed by atoms with Crippen molar-refractivity contribution in [2.24, 2.45) is 4.99 Å². The molecule has 3 nitrogen and oxygen atoms in total. The summed E-state index contributed by atoms with van der Waals surface area (Å²) in [6.45, 7) is 2.04. The van der Waals surface area contributed by atoms with Crippen LogP contribution < -0.4 is 4.74 Å². The first kappa shape index (κ1) is 15.1. The summed E-state index contributed by atoms with van der Waals surface area (Å²) in [4.78, 5) is 4.57. The summed E-state index contributed by atoms with van der Waals surface area (Å²) in [5, 5.41) is 12.5. The SMILES string of the molecule is COc1cccc(C=N[C@@H](C)c2ccc3ccccc3c2)c1O. The number of ether oxygens (including phenoxy) is 1. The molecule has 0 aliphatic rings. The Kier molecular flexibility index (Phi) is 4.29. The summed E-state index contributed by atoms with van der Waals surface area (Å²) in [5.74, 6) is 0.566. The van der Waals surface area contributed by atoms with Gasteiger partial charge < -0.3 is 9.84 Å². The van der Waals surface area contributed by atoms with Gasteiger partial charge in [0.2, 0.25) is 0 Å².